The number of aromatic nitrogens is 2. The lowest BCUT2D eigenvalue weighted by Gasteiger charge is -2.09. The number of nitrogen functional groups attached to an aromatic ring is 1. The van der Waals surface area contributed by atoms with Gasteiger partial charge in [-0.1, -0.05) is 30.3 Å². The number of phenols is 1. The molecule has 3 N–H and O–H groups in total. The molecule has 3 rings (SSSR count). The molecule has 3 aromatic rings. The molecule has 0 aliphatic carbocycles. The number of phenolic OH excluding ortho intramolecular Hbond substituents is 1. The lowest BCUT2D eigenvalue weighted by Crippen LogP contribution is -1.98. The molecule has 0 aliphatic rings. The van der Waals surface area contributed by atoms with Gasteiger partial charge in [0.2, 0.25) is 5.95 Å². The van der Waals surface area contributed by atoms with Crippen LogP contribution in [0.2, 0.25) is 0 Å². The summed E-state index contributed by atoms with van der Waals surface area (Å²) in [5.74, 6) is 0.807. The zero-order valence-electron chi connectivity index (χ0n) is 13.3. The molecule has 0 atom stereocenters. The summed E-state index contributed by atoms with van der Waals surface area (Å²) in [5.41, 5.74) is 8.34. The van der Waals surface area contributed by atoms with Crippen LogP contribution in [0.1, 0.15) is 16.8 Å². The lowest BCUT2D eigenvalue weighted by molar-refractivity contribution is 0.289. The Bertz CT molecular complexity index is 857. The summed E-state index contributed by atoms with van der Waals surface area (Å²) < 4.78 is 7.18. The number of aromatic hydroxyl groups is 1. The van der Waals surface area contributed by atoms with Crippen molar-refractivity contribution in [1.82, 2.24) is 9.66 Å². The van der Waals surface area contributed by atoms with Gasteiger partial charge in [0.05, 0.1) is 18.1 Å². The topological polar surface area (TPSA) is 85.7 Å². The summed E-state index contributed by atoms with van der Waals surface area (Å²) in [7, 11) is 0. The van der Waals surface area contributed by atoms with E-state index in [1.165, 1.54) is 4.68 Å². The highest BCUT2D eigenvalue weighted by Gasteiger charge is 2.04. The van der Waals surface area contributed by atoms with Gasteiger partial charge in [-0.3, -0.25) is 0 Å². The number of nitrogens with two attached hydrogens (primary N) is 1. The molecule has 0 saturated heterocycles. The maximum absolute atomic E-state index is 9.94. The Labute approximate surface area is 139 Å². The van der Waals surface area contributed by atoms with Gasteiger partial charge in [0.25, 0.3) is 0 Å². The molecular weight excluding hydrogens is 304 g/mol. The summed E-state index contributed by atoms with van der Waals surface area (Å²) in [5, 5.41) is 14.2. The van der Waals surface area contributed by atoms with E-state index in [9.17, 15) is 5.11 Å². The smallest absolute Gasteiger partial charge is 0.221 e. The fourth-order valence-electron chi connectivity index (χ4n) is 2.19. The summed E-state index contributed by atoms with van der Waals surface area (Å²) in [6.07, 6.45) is 3.37. The minimum Gasteiger partial charge on any atom is -0.504 e. The van der Waals surface area contributed by atoms with Gasteiger partial charge in [-0.05, 0) is 36.2 Å². The van der Waals surface area contributed by atoms with E-state index < -0.39 is 0 Å². The third kappa shape index (κ3) is 3.73. The van der Waals surface area contributed by atoms with E-state index in [-0.39, 0.29) is 5.75 Å². The van der Waals surface area contributed by atoms with Gasteiger partial charge >= 0.3 is 0 Å². The molecule has 2 aromatic carbocycles. The predicted molar refractivity (Wildman–Crippen MR) is 93.2 cm³/mol. The Hall–Kier alpha value is -3.28. The molecule has 0 radical (unpaired) electrons. The van der Waals surface area contributed by atoms with Crippen molar-refractivity contribution in [2.45, 2.75) is 13.5 Å². The number of ether oxygens (including phenoxy) is 1. The van der Waals surface area contributed by atoms with E-state index in [1.54, 1.807) is 30.6 Å². The van der Waals surface area contributed by atoms with Gasteiger partial charge < -0.3 is 15.6 Å². The maximum atomic E-state index is 9.94. The third-order valence-corrected chi connectivity index (χ3v) is 3.39. The zero-order valence-corrected chi connectivity index (χ0v) is 13.3. The van der Waals surface area contributed by atoms with E-state index in [1.807, 2.05) is 37.3 Å². The quantitative estimate of drug-likeness (QED) is 0.707. The van der Waals surface area contributed by atoms with E-state index in [0.29, 0.717) is 18.3 Å². The Morgan fingerprint density at radius 1 is 1.25 bits per heavy atom. The van der Waals surface area contributed by atoms with Crippen molar-refractivity contribution in [3.05, 3.63) is 71.5 Å². The molecule has 0 saturated carbocycles. The van der Waals surface area contributed by atoms with Crippen LogP contribution < -0.4 is 10.5 Å². The average molecular weight is 322 g/mol. The van der Waals surface area contributed by atoms with Crippen molar-refractivity contribution in [2.24, 2.45) is 5.10 Å². The molecule has 6 nitrogen and oxygen atoms in total. The zero-order chi connectivity index (χ0) is 16.9. The minimum absolute atomic E-state index is 0.0843. The molecule has 0 amide bonds. The highest BCUT2D eigenvalue weighted by atomic mass is 16.5. The highest BCUT2D eigenvalue weighted by Crippen LogP contribution is 2.27. The molecule has 24 heavy (non-hydrogen) atoms. The van der Waals surface area contributed by atoms with E-state index in [2.05, 4.69) is 10.1 Å². The van der Waals surface area contributed by atoms with Crippen LogP contribution in [0.25, 0.3) is 0 Å². The van der Waals surface area contributed by atoms with E-state index >= 15 is 0 Å². The number of rotatable bonds is 5. The Kier molecular flexibility index (Phi) is 4.47. The van der Waals surface area contributed by atoms with Gasteiger partial charge in [-0.15, -0.1) is 0 Å². The Morgan fingerprint density at radius 3 is 2.75 bits per heavy atom. The van der Waals surface area contributed by atoms with Crippen molar-refractivity contribution >= 4 is 12.2 Å². The molecule has 0 spiro atoms. The third-order valence-electron chi connectivity index (χ3n) is 3.39. The van der Waals surface area contributed by atoms with Crippen molar-refractivity contribution < 1.29 is 9.84 Å². The average Bonchev–Trinajstić information content (AvgIpc) is 2.91. The van der Waals surface area contributed by atoms with Crippen LogP contribution in [0.5, 0.6) is 11.5 Å². The Balaban J connectivity index is 1.75. The van der Waals surface area contributed by atoms with E-state index in [4.69, 9.17) is 10.5 Å². The first kappa shape index (κ1) is 15.6. The van der Waals surface area contributed by atoms with Crippen LogP contribution in [0.3, 0.4) is 0 Å². The number of hydrogen-bond donors (Lipinski definition) is 2. The molecular formula is C18H18N4O2. The molecule has 1 aromatic heterocycles. The fraction of sp³-hybridized carbons (Fsp3) is 0.111. The second-order valence-electron chi connectivity index (χ2n) is 5.33. The molecule has 6 heteroatoms. The number of imidazole rings is 1. The number of nitrogens with zero attached hydrogens (tertiary/aromatic N) is 3. The van der Waals surface area contributed by atoms with Crippen molar-refractivity contribution in [2.75, 3.05) is 5.73 Å². The molecule has 1 heterocycles. The van der Waals surface area contributed by atoms with E-state index in [0.717, 1.165) is 16.8 Å². The second-order valence-corrected chi connectivity index (χ2v) is 5.33. The number of hydrogen-bond acceptors (Lipinski definition) is 5. The number of aryl methyl sites for hydroxylation is 1. The monoisotopic (exact) mass is 322 g/mol. The summed E-state index contributed by atoms with van der Waals surface area (Å²) in [6.45, 7) is 2.22. The number of benzene rings is 2. The van der Waals surface area contributed by atoms with Crippen LogP contribution in [-0.2, 0) is 6.61 Å². The van der Waals surface area contributed by atoms with Gasteiger partial charge in [-0.2, -0.15) is 5.10 Å². The van der Waals surface area contributed by atoms with Crippen molar-refractivity contribution in [1.29, 1.82) is 0 Å². The molecule has 0 unspecified atom stereocenters. The first-order chi connectivity index (χ1) is 11.6. The van der Waals surface area contributed by atoms with Crippen molar-refractivity contribution in [3.63, 3.8) is 0 Å². The lowest BCUT2D eigenvalue weighted by atomic mass is 10.2. The first-order valence-corrected chi connectivity index (χ1v) is 7.47. The fourth-order valence-corrected chi connectivity index (χ4v) is 2.19. The van der Waals surface area contributed by atoms with Gasteiger partial charge in [0.1, 0.15) is 6.61 Å². The van der Waals surface area contributed by atoms with Crippen LogP contribution in [0, 0.1) is 6.92 Å². The predicted octanol–water partition coefficient (Wildman–Crippen LogP) is 2.94. The van der Waals surface area contributed by atoms with Crippen molar-refractivity contribution in [3.8, 4) is 11.5 Å². The molecule has 0 fully saturated rings. The van der Waals surface area contributed by atoms with Gasteiger partial charge in [0.15, 0.2) is 11.5 Å². The summed E-state index contributed by atoms with van der Waals surface area (Å²) in [6, 6.07) is 14.8. The summed E-state index contributed by atoms with van der Waals surface area (Å²) in [4.78, 5) is 4.08. The standard InChI is InChI=1S/C18H18N4O2/c1-13-11-22(18(19)21-13)20-10-15-7-8-16(23)17(9-15)24-12-14-5-3-2-4-6-14/h2-11,23H,12H2,1H3,(H2,19,21). The Morgan fingerprint density at radius 2 is 2.04 bits per heavy atom. The molecule has 122 valence electrons. The normalized spacial score (nSPS) is 11.0. The highest BCUT2D eigenvalue weighted by molar-refractivity contribution is 5.80. The molecule has 0 bridgehead atoms. The number of anilines is 1. The SMILES string of the molecule is Cc1cn(N=Cc2ccc(O)c(OCc3ccccc3)c2)c(N)n1. The van der Waals surface area contributed by atoms with Crippen LogP contribution >= 0.6 is 0 Å². The molecule has 0 aliphatic heterocycles. The first-order valence-electron chi connectivity index (χ1n) is 7.47. The summed E-state index contributed by atoms with van der Waals surface area (Å²) >= 11 is 0. The maximum Gasteiger partial charge on any atom is 0.221 e. The largest absolute Gasteiger partial charge is 0.504 e. The van der Waals surface area contributed by atoms with Gasteiger partial charge in [-0.25, -0.2) is 9.66 Å². The minimum atomic E-state index is 0.0843. The second kappa shape index (κ2) is 6.87. The van der Waals surface area contributed by atoms with Crippen LogP contribution in [-0.4, -0.2) is 21.0 Å². The van der Waals surface area contributed by atoms with Crippen LogP contribution in [0.4, 0.5) is 5.95 Å². The van der Waals surface area contributed by atoms with Gasteiger partial charge in [0, 0.05) is 0 Å². The van der Waals surface area contributed by atoms with Crippen LogP contribution in [0.15, 0.2) is 59.8 Å².